The van der Waals surface area contributed by atoms with Crippen LogP contribution in [-0.2, 0) is 4.74 Å². The number of thiophene rings is 1. The van der Waals surface area contributed by atoms with Crippen LogP contribution in [0.3, 0.4) is 0 Å². The Morgan fingerprint density at radius 2 is 1.76 bits per heavy atom. The number of hydrogen-bond acceptors (Lipinski definition) is 4. The first-order valence-corrected chi connectivity index (χ1v) is 10.7. The standard InChI is InChI=1S/C19H18Br2O3S/c20-15-10-17(25-18(15)21)19(23)24-11-16(22)14-8-6-13(7-9-14)12-4-2-1-3-5-12/h6-10,12H,1-5,11H2. The maximum absolute atomic E-state index is 12.2. The van der Waals surface area contributed by atoms with Gasteiger partial charge in [-0.25, -0.2) is 4.79 Å². The molecule has 1 aromatic heterocycles. The van der Waals surface area contributed by atoms with E-state index in [9.17, 15) is 9.59 Å². The summed E-state index contributed by atoms with van der Waals surface area (Å²) in [5.74, 6) is -0.0479. The lowest BCUT2D eigenvalue weighted by Crippen LogP contribution is -2.13. The predicted octanol–water partition coefficient (Wildman–Crippen LogP) is 6.36. The molecule has 0 saturated heterocycles. The molecule has 1 aliphatic carbocycles. The maximum Gasteiger partial charge on any atom is 0.348 e. The Hall–Kier alpha value is -0.980. The average molecular weight is 486 g/mol. The summed E-state index contributed by atoms with van der Waals surface area (Å²) in [6, 6.07) is 9.45. The fourth-order valence-corrected chi connectivity index (χ4v) is 5.04. The van der Waals surface area contributed by atoms with Crippen LogP contribution >= 0.6 is 43.2 Å². The quantitative estimate of drug-likeness (QED) is 0.365. The van der Waals surface area contributed by atoms with Crippen molar-refractivity contribution in [3.63, 3.8) is 0 Å². The molecule has 3 rings (SSSR count). The molecule has 0 unspecified atom stereocenters. The first-order chi connectivity index (χ1) is 12.0. The number of halogens is 2. The minimum Gasteiger partial charge on any atom is -0.453 e. The first kappa shape index (κ1) is 18.8. The van der Waals surface area contributed by atoms with Crippen molar-refractivity contribution in [1.82, 2.24) is 0 Å². The van der Waals surface area contributed by atoms with Gasteiger partial charge in [0.05, 0.1) is 3.79 Å². The lowest BCUT2D eigenvalue weighted by molar-refractivity contribution is 0.0479. The third-order valence-corrected chi connectivity index (χ3v) is 7.73. The number of hydrogen-bond donors (Lipinski definition) is 0. The van der Waals surface area contributed by atoms with Crippen LogP contribution in [-0.4, -0.2) is 18.4 Å². The molecule has 2 aromatic rings. The highest BCUT2D eigenvalue weighted by Crippen LogP contribution is 2.33. The van der Waals surface area contributed by atoms with Gasteiger partial charge in [0.15, 0.2) is 12.4 Å². The highest BCUT2D eigenvalue weighted by atomic mass is 79.9. The number of ether oxygens (including phenoxy) is 1. The van der Waals surface area contributed by atoms with E-state index in [0.29, 0.717) is 16.4 Å². The molecular formula is C19H18Br2O3S. The molecule has 0 amide bonds. The summed E-state index contributed by atoms with van der Waals surface area (Å²) in [7, 11) is 0. The normalized spacial score (nSPS) is 15.1. The van der Waals surface area contributed by atoms with Gasteiger partial charge in [-0.2, -0.15) is 0 Å². The molecule has 0 radical (unpaired) electrons. The summed E-state index contributed by atoms with van der Waals surface area (Å²) < 4.78 is 6.76. The molecule has 132 valence electrons. The average Bonchev–Trinajstić information content (AvgIpc) is 2.99. The summed E-state index contributed by atoms with van der Waals surface area (Å²) in [6.07, 6.45) is 6.37. The van der Waals surface area contributed by atoms with E-state index in [1.807, 2.05) is 24.3 Å². The lowest BCUT2D eigenvalue weighted by Gasteiger charge is -2.22. The summed E-state index contributed by atoms with van der Waals surface area (Å²) in [5, 5.41) is 0. The summed E-state index contributed by atoms with van der Waals surface area (Å²) >= 11 is 7.94. The molecule has 0 aliphatic heterocycles. The van der Waals surface area contributed by atoms with Gasteiger partial charge in [-0.1, -0.05) is 43.5 Å². The van der Waals surface area contributed by atoms with E-state index in [1.165, 1.54) is 49.0 Å². The Bertz CT molecular complexity index is 742. The molecule has 0 N–H and O–H groups in total. The second kappa shape index (κ2) is 8.60. The topological polar surface area (TPSA) is 43.4 Å². The molecule has 1 saturated carbocycles. The molecule has 0 atom stereocenters. The van der Waals surface area contributed by atoms with Crippen molar-refractivity contribution >= 4 is 54.9 Å². The number of ketones is 1. The Morgan fingerprint density at radius 1 is 1.08 bits per heavy atom. The van der Waals surface area contributed by atoms with Gasteiger partial charge < -0.3 is 4.74 Å². The molecule has 25 heavy (non-hydrogen) atoms. The number of rotatable bonds is 5. The zero-order valence-corrected chi connectivity index (χ0v) is 17.6. The van der Waals surface area contributed by atoms with Gasteiger partial charge in [0, 0.05) is 10.0 Å². The summed E-state index contributed by atoms with van der Waals surface area (Å²) in [4.78, 5) is 24.7. The highest BCUT2D eigenvalue weighted by molar-refractivity contribution is 9.13. The van der Waals surface area contributed by atoms with Crippen LogP contribution < -0.4 is 0 Å². The number of carbonyl (C=O) groups is 2. The van der Waals surface area contributed by atoms with E-state index >= 15 is 0 Å². The van der Waals surface area contributed by atoms with Crippen LogP contribution in [0.1, 0.15) is 63.6 Å². The number of carbonyl (C=O) groups excluding carboxylic acids is 2. The van der Waals surface area contributed by atoms with Crippen molar-refractivity contribution in [2.45, 2.75) is 38.0 Å². The third kappa shape index (κ3) is 4.80. The second-order valence-electron chi connectivity index (χ2n) is 6.19. The van der Waals surface area contributed by atoms with Crippen LogP contribution in [0.15, 0.2) is 38.6 Å². The van der Waals surface area contributed by atoms with Crippen molar-refractivity contribution < 1.29 is 14.3 Å². The molecule has 1 heterocycles. The molecule has 1 aliphatic rings. The predicted molar refractivity (Wildman–Crippen MR) is 107 cm³/mol. The maximum atomic E-state index is 12.2. The van der Waals surface area contributed by atoms with Gasteiger partial charge in [-0.05, 0) is 62.2 Å². The van der Waals surface area contributed by atoms with E-state index in [1.54, 1.807) is 6.07 Å². The van der Waals surface area contributed by atoms with E-state index in [4.69, 9.17) is 4.74 Å². The van der Waals surface area contributed by atoms with E-state index in [0.717, 1.165) is 8.26 Å². The monoisotopic (exact) mass is 484 g/mol. The zero-order valence-electron chi connectivity index (χ0n) is 13.6. The Labute approximate surface area is 168 Å². The summed E-state index contributed by atoms with van der Waals surface area (Å²) in [6.45, 7) is -0.241. The summed E-state index contributed by atoms with van der Waals surface area (Å²) in [5.41, 5.74) is 1.89. The van der Waals surface area contributed by atoms with Gasteiger partial charge in [0.1, 0.15) is 4.88 Å². The van der Waals surface area contributed by atoms with Gasteiger partial charge in [-0.15, -0.1) is 11.3 Å². The van der Waals surface area contributed by atoms with Crippen LogP contribution in [0.25, 0.3) is 0 Å². The van der Waals surface area contributed by atoms with Gasteiger partial charge in [0.2, 0.25) is 0 Å². The molecular weight excluding hydrogens is 468 g/mol. The molecule has 1 aromatic carbocycles. The molecule has 1 fully saturated rings. The smallest absolute Gasteiger partial charge is 0.348 e. The molecule has 0 bridgehead atoms. The van der Waals surface area contributed by atoms with Gasteiger partial charge in [-0.3, -0.25) is 4.79 Å². The van der Waals surface area contributed by atoms with Crippen molar-refractivity contribution in [1.29, 1.82) is 0 Å². The fraction of sp³-hybridized carbons (Fsp3) is 0.368. The van der Waals surface area contributed by atoms with Gasteiger partial charge >= 0.3 is 5.97 Å². The highest BCUT2D eigenvalue weighted by Gasteiger charge is 2.18. The van der Waals surface area contributed by atoms with E-state index in [-0.39, 0.29) is 12.4 Å². The number of benzene rings is 1. The minimum atomic E-state index is -0.483. The lowest BCUT2D eigenvalue weighted by atomic mass is 9.84. The molecule has 0 spiro atoms. The number of esters is 1. The largest absolute Gasteiger partial charge is 0.453 e. The van der Waals surface area contributed by atoms with E-state index < -0.39 is 5.97 Å². The third-order valence-electron chi connectivity index (χ3n) is 4.49. The van der Waals surface area contributed by atoms with Crippen molar-refractivity contribution in [3.8, 4) is 0 Å². The molecule has 6 heteroatoms. The van der Waals surface area contributed by atoms with Crippen molar-refractivity contribution in [2.75, 3.05) is 6.61 Å². The van der Waals surface area contributed by atoms with Gasteiger partial charge in [0.25, 0.3) is 0 Å². The Morgan fingerprint density at radius 3 is 2.36 bits per heavy atom. The van der Waals surface area contributed by atoms with Crippen molar-refractivity contribution in [3.05, 3.63) is 54.6 Å². The van der Waals surface area contributed by atoms with Crippen LogP contribution in [0.5, 0.6) is 0 Å². The van der Waals surface area contributed by atoms with Crippen LogP contribution in [0.2, 0.25) is 0 Å². The first-order valence-electron chi connectivity index (χ1n) is 8.29. The minimum absolute atomic E-state index is 0.182. The zero-order chi connectivity index (χ0) is 17.8. The fourth-order valence-electron chi connectivity index (χ4n) is 3.11. The number of Topliss-reactive ketones (excluding diaryl/α,β-unsaturated/α-hetero) is 1. The SMILES string of the molecule is O=C(COC(=O)c1cc(Br)c(Br)s1)c1ccc(C2CCCCC2)cc1. The van der Waals surface area contributed by atoms with Crippen molar-refractivity contribution in [2.24, 2.45) is 0 Å². The van der Waals surface area contributed by atoms with E-state index in [2.05, 4.69) is 31.9 Å². The second-order valence-corrected chi connectivity index (χ2v) is 9.41. The molecule has 3 nitrogen and oxygen atoms in total. The van der Waals surface area contributed by atoms with Crippen LogP contribution in [0, 0.1) is 0 Å². The Kier molecular flexibility index (Phi) is 6.47. The Balaban J connectivity index is 1.56. The van der Waals surface area contributed by atoms with Crippen LogP contribution in [0.4, 0.5) is 0 Å².